The van der Waals surface area contributed by atoms with E-state index in [2.05, 4.69) is 10.4 Å². The van der Waals surface area contributed by atoms with E-state index >= 15 is 0 Å². The Balaban J connectivity index is 0.000000896. The molecule has 2 fully saturated rings. The molecule has 2 aliphatic heterocycles. The molecule has 0 aromatic heterocycles. The van der Waals surface area contributed by atoms with Gasteiger partial charge in [0.05, 0.1) is 32.8 Å². The van der Waals surface area contributed by atoms with Gasteiger partial charge in [-0.3, -0.25) is 24.0 Å². The first-order chi connectivity index (χ1) is 23.1. The third-order valence-electron chi connectivity index (χ3n) is 6.71. The molecule has 18 nitrogen and oxygen atoms in total. The van der Waals surface area contributed by atoms with Crippen molar-refractivity contribution in [1.29, 1.82) is 0 Å². The molecule has 49 heavy (non-hydrogen) atoms. The molecule has 0 aliphatic carbocycles. The van der Waals surface area contributed by atoms with Crippen molar-refractivity contribution in [1.82, 2.24) is 4.90 Å². The highest BCUT2D eigenvalue weighted by molar-refractivity contribution is 5.83. The Morgan fingerprint density at radius 3 is 1.55 bits per heavy atom. The molecule has 278 valence electrons. The van der Waals surface area contributed by atoms with Crippen LogP contribution in [0.25, 0.3) is 0 Å². The number of ether oxygens (including phenoxy) is 7. The summed E-state index contributed by atoms with van der Waals surface area (Å²) in [6.45, 7) is 9.98. The first kappa shape index (κ1) is 44.7. The fourth-order valence-corrected chi connectivity index (χ4v) is 4.10. The predicted octanol–water partition coefficient (Wildman–Crippen LogP) is 2.73. The Hall–Kier alpha value is -4.32. The van der Waals surface area contributed by atoms with Crippen molar-refractivity contribution in [2.45, 2.75) is 85.1 Å². The normalized spacial score (nSPS) is 16.0. The average Bonchev–Trinajstić information content (AvgIpc) is 3.06. The van der Waals surface area contributed by atoms with Crippen molar-refractivity contribution < 1.29 is 61.9 Å². The molecule has 2 heterocycles. The lowest BCUT2D eigenvalue weighted by atomic mass is 10.0. The van der Waals surface area contributed by atoms with Gasteiger partial charge in [0, 0.05) is 84.0 Å². The van der Waals surface area contributed by atoms with E-state index in [-0.39, 0.29) is 64.5 Å². The topological polar surface area (TPSA) is 229 Å². The zero-order chi connectivity index (χ0) is 37.5. The lowest BCUT2D eigenvalue weighted by Crippen LogP contribution is -2.44. The summed E-state index contributed by atoms with van der Waals surface area (Å²) >= 11 is 0. The minimum atomic E-state index is -1.46. The Labute approximate surface area is 285 Å². The van der Waals surface area contributed by atoms with E-state index in [1.807, 2.05) is 25.8 Å². The maximum absolute atomic E-state index is 12.1. The molecule has 0 saturated carbocycles. The molecule has 0 bridgehead atoms. The first-order valence-electron chi connectivity index (χ1n) is 15.8. The molecule has 2 aliphatic rings. The Morgan fingerprint density at radius 1 is 0.714 bits per heavy atom. The van der Waals surface area contributed by atoms with E-state index in [9.17, 15) is 38.6 Å². The molecule has 18 heteroatoms. The number of esters is 6. The minimum absolute atomic E-state index is 0.0814. The Morgan fingerprint density at radius 2 is 1.14 bits per heavy atom. The molecule has 0 amide bonds. The zero-order valence-corrected chi connectivity index (χ0v) is 29.3. The summed E-state index contributed by atoms with van der Waals surface area (Å²) in [5.41, 5.74) is -2.59. The van der Waals surface area contributed by atoms with Crippen LogP contribution in [-0.2, 0) is 61.9 Å². The van der Waals surface area contributed by atoms with Crippen LogP contribution >= 0.6 is 0 Å². The maximum atomic E-state index is 12.1. The summed E-state index contributed by atoms with van der Waals surface area (Å²) in [6, 6.07) is 0. The van der Waals surface area contributed by atoms with Crippen molar-refractivity contribution >= 4 is 35.8 Å². The van der Waals surface area contributed by atoms with E-state index in [0.717, 1.165) is 6.08 Å². The number of hydrogen-bond acceptors (Lipinski definition) is 18. The van der Waals surface area contributed by atoms with Crippen LogP contribution < -0.4 is 0 Å². The smallest absolute Gasteiger partial charge is 0.333 e. The average molecular weight is 704 g/mol. The summed E-state index contributed by atoms with van der Waals surface area (Å²) in [5, 5.41) is 5.92. The molecule has 0 N–H and O–H groups in total. The molecule has 0 atom stereocenters. The van der Waals surface area contributed by atoms with Crippen molar-refractivity contribution in [3.8, 4) is 0 Å². The monoisotopic (exact) mass is 703 g/mol. The lowest BCUT2D eigenvalue weighted by molar-refractivity contribution is -0.168. The van der Waals surface area contributed by atoms with Gasteiger partial charge < -0.3 is 38.1 Å². The maximum Gasteiger partial charge on any atom is 0.333 e. The van der Waals surface area contributed by atoms with E-state index in [1.54, 1.807) is 0 Å². The predicted molar refractivity (Wildman–Crippen MR) is 170 cm³/mol. The van der Waals surface area contributed by atoms with Crippen molar-refractivity contribution in [3.63, 3.8) is 0 Å². The van der Waals surface area contributed by atoms with Gasteiger partial charge in [0.2, 0.25) is 11.4 Å². The largest absolute Gasteiger partial charge is 0.465 e. The molecule has 0 radical (unpaired) electrons. The van der Waals surface area contributed by atoms with Gasteiger partial charge in [-0.1, -0.05) is 13.8 Å². The van der Waals surface area contributed by atoms with Crippen molar-refractivity contribution in [2.24, 2.45) is 16.3 Å². The van der Waals surface area contributed by atoms with E-state index < -0.39 is 53.2 Å². The van der Waals surface area contributed by atoms with Gasteiger partial charge in [-0.2, -0.15) is 0 Å². The van der Waals surface area contributed by atoms with Gasteiger partial charge in [0.1, 0.15) is 13.2 Å². The van der Waals surface area contributed by atoms with Crippen LogP contribution in [0.5, 0.6) is 0 Å². The van der Waals surface area contributed by atoms with Crippen LogP contribution in [0.3, 0.4) is 0 Å². The summed E-state index contributed by atoms with van der Waals surface area (Å²) in [4.78, 5) is 91.8. The van der Waals surface area contributed by atoms with Gasteiger partial charge >= 0.3 is 35.8 Å². The van der Waals surface area contributed by atoms with Crippen LogP contribution in [0.1, 0.15) is 73.6 Å². The molecule has 2 saturated heterocycles. The highest BCUT2D eigenvalue weighted by Gasteiger charge is 2.40. The second kappa shape index (κ2) is 23.9. The van der Waals surface area contributed by atoms with Crippen LogP contribution in [0, 0.1) is 15.7 Å². The second-order valence-electron chi connectivity index (χ2n) is 10.9. The molecule has 0 aromatic carbocycles. The summed E-state index contributed by atoms with van der Waals surface area (Å²) < 4.78 is 34.8. The highest BCUT2D eigenvalue weighted by Crippen LogP contribution is 2.29. The number of hydrogen-bond donors (Lipinski definition) is 0. The summed E-state index contributed by atoms with van der Waals surface area (Å²) in [7, 11) is 1.91. The number of nitroso groups, excluding NO2 is 2. The fourth-order valence-electron chi connectivity index (χ4n) is 4.10. The number of carbonyl (C=O) groups is 6. The second-order valence-corrected chi connectivity index (χ2v) is 10.9. The van der Waals surface area contributed by atoms with E-state index in [4.69, 9.17) is 33.2 Å². The summed E-state index contributed by atoms with van der Waals surface area (Å²) in [6.07, 6.45) is 1.87. The number of rotatable bonds is 15. The number of carbonyl (C=O) groups excluding carboxylic acids is 6. The third kappa shape index (κ3) is 19.9. The summed E-state index contributed by atoms with van der Waals surface area (Å²) in [5.74, 6) is -4.12. The molecule has 2 rings (SSSR count). The molecule has 0 unspecified atom stereocenters. The van der Waals surface area contributed by atoms with Crippen LogP contribution in [0.4, 0.5) is 0 Å². The lowest BCUT2D eigenvalue weighted by Gasteiger charge is -2.34. The van der Waals surface area contributed by atoms with Crippen LogP contribution in [-0.4, -0.2) is 112 Å². The fraction of sp³-hybridized carbons (Fsp3) is 0.742. The van der Waals surface area contributed by atoms with Gasteiger partial charge in [-0.05, 0) is 17.4 Å². The van der Waals surface area contributed by atoms with Gasteiger partial charge in [-0.15, -0.1) is 9.81 Å². The Kier molecular flexibility index (Phi) is 21.8. The van der Waals surface area contributed by atoms with Gasteiger partial charge in [-0.25, -0.2) is 4.79 Å². The quantitative estimate of drug-likeness (QED) is 0.103. The van der Waals surface area contributed by atoms with E-state index in [1.165, 1.54) is 27.7 Å². The van der Waals surface area contributed by atoms with Crippen molar-refractivity contribution in [3.05, 3.63) is 21.5 Å². The molecule has 0 spiro atoms. The van der Waals surface area contributed by atoms with Gasteiger partial charge in [0.15, 0.2) is 0 Å². The van der Waals surface area contributed by atoms with E-state index in [0.29, 0.717) is 25.9 Å². The van der Waals surface area contributed by atoms with Crippen LogP contribution in [0.15, 0.2) is 22.0 Å². The first-order valence-corrected chi connectivity index (χ1v) is 15.8. The van der Waals surface area contributed by atoms with Crippen LogP contribution in [0.2, 0.25) is 0 Å². The highest BCUT2D eigenvalue weighted by atomic mass is 16.6. The number of likely N-dealkylation sites (tertiary alicyclic amines) is 1. The zero-order valence-electron chi connectivity index (χ0n) is 29.3. The molecule has 0 aromatic rings. The SMILES string of the molecule is CC.CC(=O)OCC(=CC(=O)OC1(N=O)CCOCC1)COC(C)=O.CC(=O)OCC(COC(C)=O)CC(=O)OC1(N=O)CCN(C)CC1. The Bertz CT molecular complexity index is 1110. The standard InChI is InChI=1S/C15H24N2O7.C14H19NO8.C2H6/c1-11(18)22-9-13(10-23-12(2)19)8-14(20)24-15(16-21)4-6-17(3)7-5-15;1-10(16)21-8-12(9-22-11(2)17)7-13(18)23-14(15-19)3-5-20-6-4-14;1-2/h13H,4-10H2,1-3H3;7H,3-6,8-9H2,1-2H3;1-2H3. The van der Waals surface area contributed by atoms with Crippen molar-refractivity contribution in [2.75, 3.05) is 59.8 Å². The third-order valence-corrected chi connectivity index (χ3v) is 6.71. The van der Waals surface area contributed by atoms with Gasteiger partial charge in [0.25, 0.3) is 0 Å². The molecular weight excluding hydrogens is 654 g/mol. The number of nitrogens with zero attached hydrogens (tertiary/aromatic N) is 3. The molecular formula is C31H49N3O15. The number of piperidine rings is 1. The minimum Gasteiger partial charge on any atom is -0.465 e.